The number of Topliss-reactive ketones (excluding diaryl/α,β-unsaturated/α-hetero) is 2. The van der Waals surface area contributed by atoms with Crippen LogP contribution in [0.4, 0.5) is 0 Å². The van der Waals surface area contributed by atoms with Crippen LogP contribution < -0.4 is 5.73 Å². The molecule has 0 unspecified atom stereocenters. The minimum atomic E-state index is -1.48. The molecule has 0 spiro atoms. The lowest BCUT2D eigenvalue weighted by Crippen LogP contribution is -2.30. The monoisotopic (exact) mass is 217 g/mol. The molecule has 0 radical (unpaired) electrons. The molecule has 0 fully saturated rings. The van der Waals surface area contributed by atoms with Crippen molar-refractivity contribution < 1.29 is 19.5 Å². The van der Waals surface area contributed by atoms with Gasteiger partial charge in [-0.05, 0) is 0 Å². The predicted molar refractivity (Wildman–Crippen MR) is 54.0 cm³/mol. The molecule has 0 heterocycles. The molecular formula is C11H7NO4. The number of benzene rings is 1. The van der Waals surface area contributed by atoms with Crippen LogP contribution in [0.15, 0.2) is 35.5 Å². The number of hydrogen-bond acceptors (Lipinski definition) is 4. The number of rotatable bonds is 1. The fourth-order valence-electron chi connectivity index (χ4n) is 1.61. The normalized spacial score (nSPS) is 15.0. The smallest absolute Gasteiger partial charge is 0.341 e. The molecule has 1 aromatic rings. The van der Waals surface area contributed by atoms with Crippen molar-refractivity contribution in [1.29, 1.82) is 0 Å². The molecule has 2 rings (SSSR count). The van der Waals surface area contributed by atoms with Crippen LogP contribution >= 0.6 is 0 Å². The van der Waals surface area contributed by atoms with Gasteiger partial charge in [0.2, 0.25) is 11.6 Å². The van der Waals surface area contributed by atoms with Gasteiger partial charge in [0.1, 0.15) is 5.57 Å². The Labute approximate surface area is 90.2 Å². The molecule has 0 aromatic heterocycles. The first-order chi connectivity index (χ1) is 7.54. The quantitative estimate of drug-likeness (QED) is 0.662. The molecule has 5 heteroatoms. The molecule has 0 atom stereocenters. The standard InChI is InChI=1S/C11H7NO4/c12-8-7(11(15)16)9(13)5-3-1-2-4-6(5)10(8)14/h1-4H,12H2,(H,15,16). The van der Waals surface area contributed by atoms with E-state index >= 15 is 0 Å². The fourth-order valence-corrected chi connectivity index (χ4v) is 1.61. The Kier molecular flexibility index (Phi) is 2.09. The van der Waals surface area contributed by atoms with Gasteiger partial charge in [0.15, 0.2) is 0 Å². The number of aliphatic carboxylic acids is 1. The molecule has 80 valence electrons. The Balaban J connectivity index is 2.73. The van der Waals surface area contributed by atoms with Crippen molar-refractivity contribution in [2.45, 2.75) is 0 Å². The number of ketones is 2. The zero-order chi connectivity index (χ0) is 11.9. The zero-order valence-electron chi connectivity index (χ0n) is 8.06. The van der Waals surface area contributed by atoms with E-state index in [2.05, 4.69) is 0 Å². The summed E-state index contributed by atoms with van der Waals surface area (Å²) < 4.78 is 0. The van der Waals surface area contributed by atoms with Gasteiger partial charge in [-0.3, -0.25) is 9.59 Å². The third kappa shape index (κ3) is 1.22. The van der Waals surface area contributed by atoms with Crippen molar-refractivity contribution in [1.82, 2.24) is 0 Å². The lowest BCUT2D eigenvalue weighted by Gasteiger charge is -2.15. The fraction of sp³-hybridized carbons (Fsp3) is 0. The van der Waals surface area contributed by atoms with E-state index in [0.29, 0.717) is 0 Å². The van der Waals surface area contributed by atoms with Crippen LogP contribution in [-0.4, -0.2) is 22.6 Å². The molecule has 5 nitrogen and oxygen atoms in total. The Bertz CT molecular complexity index is 557. The van der Waals surface area contributed by atoms with E-state index in [-0.39, 0.29) is 11.1 Å². The van der Waals surface area contributed by atoms with E-state index in [9.17, 15) is 14.4 Å². The van der Waals surface area contributed by atoms with E-state index < -0.39 is 28.8 Å². The second-order valence-corrected chi connectivity index (χ2v) is 3.30. The minimum Gasteiger partial charge on any atom is -0.477 e. The van der Waals surface area contributed by atoms with E-state index in [4.69, 9.17) is 10.8 Å². The summed E-state index contributed by atoms with van der Waals surface area (Å²) in [6.45, 7) is 0. The number of carbonyl (C=O) groups excluding carboxylic acids is 2. The lowest BCUT2D eigenvalue weighted by atomic mass is 9.87. The maximum Gasteiger partial charge on any atom is 0.341 e. The summed E-state index contributed by atoms with van der Waals surface area (Å²) in [5.74, 6) is -2.82. The topological polar surface area (TPSA) is 97.5 Å². The summed E-state index contributed by atoms with van der Waals surface area (Å²) in [7, 11) is 0. The summed E-state index contributed by atoms with van der Waals surface area (Å²) in [5.41, 5.74) is 4.43. The van der Waals surface area contributed by atoms with Crippen LogP contribution in [0.2, 0.25) is 0 Å². The zero-order valence-corrected chi connectivity index (χ0v) is 8.06. The highest BCUT2D eigenvalue weighted by Gasteiger charge is 2.34. The molecule has 3 N–H and O–H groups in total. The van der Waals surface area contributed by atoms with Crippen molar-refractivity contribution in [2.75, 3.05) is 0 Å². The second-order valence-electron chi connectivity index (χ2n) is 3.30. The largest absolute Gasteiger partial charge is 0.477 e. The number of carboxylic acids is 1. The first-order valence-corrected chi connectivity index (χ1v) is 4.45. The van der Waals surface area contributed by atoms with Gasteiger partial charge < -0.3 is 10.8 Å². The van der Waals surface area contributed by atoms with Gasteiger partial charge in [-0.1, -0.05) is 24.3 Å². The summed E-state index contributed by atoms with van der Waals surface area (Å²) in [5, 5.41) is 8.81. The maximum absolute atomic E-state index is 11.7. The molecule has 0 saturated carbocycles. The number of carboxylic acid groups (broad SMARTS) is 1. The van der Waals surface area contributed by atoms with Gasteiger partial charge in [0.25, 0.3) is 0 Å². The number of allylic oxidation sites excluding steroid dienone is 1. The Hall–Kier alpha value is -2.43. The average Bonchev–Trinajstić information content (AvgIpc) is 2.26. The van der Waals surface area contributed by atoms with E-state index in [1.54, 1.807) is 12.1 Å². The Morgan fingerprint density at radius 2 is 1.56 bits per heavy atom. The molecule has 0 aliphatic heterocycles. The van der Waals surface area contributed by atoms with Crippen LogP contribution in [0.5, 0.6) is 0 Å². The van der Waals surface area contributed by atoms with Crippen molar-refractivity contribution in [3.8, 4) is 0 Å². The highest BCUT2D eigenvalue weighted by atomic mass is 16.4. The van der Waals surface area contributed by atoms with Gasteiger partial charge in [-0.25, -0.2) is 4.79 Å². The highest BCUT2D eigenvalue weighted by molar-refractivity contribution is 6.34. The summed E-state index contributed by atoms with van der Waals surface area (Å²) >= 11 is 0. The third-order valence-corrected chi connectivity index (χ3v) is 2.37. The van der Waals surface area contributed by atoms with Gasteiger partial charge >= 0.3 is 5.97 Å². The van der Waals surface area contributed by atoms with Crippen molar-refractivity contribution in [3.63, 3.8) is 0 Å². The number of hydrogen-bond donors (Lipinski definition) is 2. The van der Waals surface area contributed by atoms with Crippen molar-refractivity contribution >= 4 is 17.5 Å². The SMILES string of the molecule is NC1=C(C(=O)O)C(=O)c2ccccc2C1=O. The van der Waals surface area contributed by atoms with E-state index in [0.717, 1.165) is 0 Å². The van der Waals surface area contributed by atoms with Gasteiger partial charge in [0, 0.05) is 11.1 Å². The van der Waals surface area contributed by atoms with Crippen LogP contribution in [0.1, 0.15) is 20.7 Å². The van der Waals surface area contributed by atoms with Crippen LogP contribution in [0, 0.1) is 0 Å². The molecular weight excluding hydrogens is 210 g/mol. The Morgan fingerprint density at radius 1 is 1.06 bits per heavy atom. The van der Waals surface area contributed by atoms with E-state index in [1.807, 2.05) is 0 Å². The maximum atomic E-state index is 11.7. The van der Waals surface area contributed by atoms with Crippen LogP contribution in [0.25, 0.3) is 0 Å². The first-order valence-electron chi connectivity index (χ1n) is 4.45. The predicted octanol–water partition coefficient (Wildman–Crippen LogP) is 0.363. The summed E-state index contributed by atoms with van der Waals surface area (Å²) in [6, 6.07) is 6.00. The van der Waals surface area contributed by atoms with Gasteiger partial charge in [-0.2, -0.15) is 0 Å². The summed E-state index contributed by atoms with van der Waals surface area (Å²) in [4.78, 5) is 34.2. The number of nitrogens with two attached hydrogens (primary N) is 1. The Morgan fingerprint density at radius 3 is 2.06 bits per heavy atom. The first kappa shape index (κ1) is 10.1. The molecule has 1 aliphatic rings. The van der Waals surface area contributed by atoms with Crippen LogP contribution in [0.3, 0.4) is 0 Å². The third-order valence-electron chi connectivity index (χ3n) is 2.37. The average molecular weight is 217 g/mol. The molecule has 16 heavy (non-hydrogen) atoms. The van der Waals surface area contributed by atoms with Gasteiger partial charge in [0.05, 0.1) is 5.70 Å². The highest BCUT2D eigenvalue weighted by Crippen LogP contribution is 2.23. The van der Waals surface area contributed by atoms with Gasteiger partial charge in [-0.15, -0.1) is 0 Å². The molecule has 1 aromatic carbocycles. The molecule has 0 saturated heterocycles. The van der Waals surface area contributed by atoms with Crippen LogP contribution in [-0.2, 0) is 4.79 Å². The van der Waals surface area contributed by atoms with Crippen molar-refractivity contribution in [3.05, 3.63) is 46.7 Å². The number of fused-ring (bicyclic) bond motifs is 1. The molecule has 1 aliphatic carbocycles. The molecule has 0 amide bonds. The minimum absolute atomic E-state index is 0.0825. The summed E-state index contributed by atoms with van der Waals surface area (Å²) in [6.07, 6.45) is 0. The van der Waals surface area contributed by atoms with E-state index in [1.165, 1.54) is 12.1 Å². The second kappa shape index (κ2) is 3.30. The van der Waals surface area contributed by atoms with Crippen molar-refractivity contribution in [2.24, 2.45) is 5.73 Å². The molecule has 0 bridgehead atoms. The number of carbonyl (C=O) groups is 3. The lowest BCUT2D eigenvalue weighted by molar-refractivity contribution is -0.132.